The number of esters is 1. The number of nitrogen functional groups attached to an aromatic ring is 1. The van der Waals surface area contributed by atoms with Crippen molar-refractivity contribution in [1.29, 1.82) is 0 Å². The van der Waals surface area contributed by atoms with Crippen LogP contribution in [-0.2, 0) is 9.53 Å². The summed E-state index contributed by atoms with van der Waals surface area (Å²) in [5, 5.41) is 2.13. The Kier molecular flexibility index (Phi) is 6.01. The third-order valence-corrected chi connectivity index (χ3v) is 3.19. The molecule has 0 aliphatic carbocycles. The second-order valence-electron chi connectivity index (χ2n) is 4.77. The first-order valence-corrected chi connectivity index (χ1v) is 6.94. The van der Waals surface area contributed by atoms with E-state index in [0.717, 1.165) is 0 Å². The summed E-state index contributed by atoms with van der Waals surface area (Å²) in [5.41, 5.74) is 10.5. The van der Waals surface area contributed by atoms with E-state index in [1.165, 1.54) is 12.1 Å². The highest BCUT2D eigenvalue weighted by Gasteiger charge is 2.29. The van der Waals surface area contributed by atoms with Crippen LogP contribution in [-0.4, -0.2) is 24.0 Å². The number of anilines is 1. The number of carbonyl (C=O) groups excluding carboxylic acids is 3. The SMILES string of the molecule is CC(C)[C@@H](OC(=O)c1cc(Cl)cc(Cl)c1N)C(=O)NC(N)=O. The van der Waals surface area contributed by atoms with Crippen LogP contribution in [0.1, 0.15) is 24.2 Å². The lowest BCUT2D eigenvalue weighted by Gasteiger charge is -2.20. The summed E-state index contributed by atoms with van der Waals surface area (Å²) in [6.07, 6.45) is -1.22. The summed E-state index contributed by atoms with van der Waals surface area (Å²) in [5.74, 6) is -2.12. The molecule has 0 unspecified atom stereocenters. The van der Waals surface area contributed by atoms with Gasteiger partial charge < -0.3 is 16.2 Å². The van der Waals surface area contributed by atoms with Crippen molar-refractivity contribution in [2.24, 2.45) is 11.7 Å². The van der Waals surface area contributed by atoms with E-state index >= 15 is 0 Å². The van der Waals surface area contributed by atoms with Gasteiger partial charge in [-0.3, -0.25) is 10.1 Å². The Labute approximate surface area is 136 Å². The molecule has 3 amide bonds. The number of amides is 3. The van der Waals surface area contributed by atoms with E-state index in [4.69, 9.17) is 39.4 Å². The van der Waals surface area contributed by atoms with Crippen LogP contribution in [0, 0.1) is 5.92 Å². The molecule has 0 fully saturated rings. The standard InChI is InChI=1S/C13H15Cl2N3O4/c1-5(2)10(11(19)18-13(17)21)22-12(20)7-3-6(14)4-8(15)9(7)16/h3-5,10H,16H2,1-2H3,(H3,17,18,19,21)/t10-/m1/s1. The Balaban J connectivity index is 3.02. The number of rotatable bonds is 4. The molecule has 0 aliphatic heterocycles. The molecule has 0 bridgehead atoms. The molecule has 9 heteroatoms. The molecule has 1 atom stereocenters. The molecule has 120 valence electrons. The molecule has 0 aliphatic rings. The number of hydrogen-bond acceptors (Lipinski definition) is 5. The van der Waals surface area contributed by atoms with Crippen LogP contribution >= 0.6 is 23.2 Å². The van der Waals surface area contributed by atoms with Gasteiger partial charge in [0.25, 0.3) is 5.91 Å². The van der Waals surface area contributed by atoms with Gasteiger partial charge in [0.2, 0.25) is 0 Å². The van der Waals surface area contributed by atoms with Gasteiger partial charge in [0, 0.05) is 5.02 Å². The highest BCUT2D eigenvalue weighted by Crippen LogP contribution is 2.28. The van der Waals surface area contributed by atoms with Crippen molar-refractivity contribution in [3.63, 3.8) is 0 Å². The van der Waals surface area contributed by atoms with Crippen LogP contribution in [0.5, 0.6) is 0 Å². The lowest BCUT2D eigenvalue weighted by molar-refractivity contribution is -0.130. The van der Waals surface area contributed by atoms with Crippen LogP contribution < -0.4 is 16.8 Å². The van der Waals surface area contributed by atoms with Crippen molar-refractivity contribution < 1.29 is 19.1 Å². The molecular weight excluding hydrogens is 333 g/mol. The predicted octanol–water partition coefficient (Wildman–Crippen LogP) is 1.95. The molecule has 0 saturated heterocycles. The van der Waals surface area contributed by atoms with Gasteiger partial charge in [0.1, 0.15) is 0 Å². The molecule has 0 saturated carbocycles. The number of hydrogen-bond donors (Lipinski definition) is 3. The Bertz CT molecular complexity index is 620. The van der Waals surface area contributed by atoms with Gasteiger partial charge in [-0.05, 0) is 18.1 Å². The second-order valence-corrected chi connectivity index (χ2v) is 5.62. The minimum Gasteiger partial charge on any atom is -0.448 e. The number of ether oxygens (including phenoxy) is 1. The van der Waals surface area contributed by atoms with E-state index in [-0.39, 0.29) is 21.3 Å². The van der Waals surface area contributed by atoms with Gasteiger partial charge in [-0.25, -0.2) is 9.59 Å². The highest BCUT2D eigenvalue weighted by molar-refractivity contribution is 6.37. The van der Waals surface area contributed by atoms with Crippen LogP contribution in [0.4, 0.5) is 10.5 Å². The van der Waals surface area contributed by atoms with Crippen molar-refractivity contribution in [2.75, 3.05) is 5.73 Å². The Morgan fingerprint density at radius 1 is 1.23 bits per heavy atom. The fraction of sp³-hybridized carbons (Fsp3) is 0.308. The van der Waals surface area contributed by atoms with Crippen LogP contribution in [0.3, 0.4) is 0 Å². The topological polar surface area (TPSA) is 125 Å². The van der Waals surface area contributed by atoms with Gasteiger partial charge in [-0.1, -0.05) is 37.0 Å². The fourth-order valence-corrected chi connectivity index (χ4v) is 2.11. The van der Waals surface area contributed by atoms with E-state index in [1.54, 1.807) is 13.8 Å². The third kappa shape index (κ3) is 4.51. The van der Waals surface area contributed by atoms with E-state index < -0.39 is 29.9 Å². The lowest BCUT2D eigenvalue weighted by Crippen LogP contribution is -2.45. The van der Waals surface area contributed by atoms with Crippen molar-refractivity contribution in [3.8, 4) is 0 Å². The summed E-state index contributed by atoms with van der Waals surface area (Å²) in [4.78, 5) is 34.7. The van der Waals surface area contributed by atoms with Gasteiger partial charge in [0.05, 0.1) is 16.3 Å². The fourth-order valence-electron chi connectivity index (χ4n) is 1.62. The first kappa shape index (κ1) is 18.1. The van der Waals surface area contributed by atoms with Crippen LogP contribution in [0.25, 0.3) is 0 Å². The average Bonchev–Trinajstić information content (AvgIpc) is 2.38. The molecule has 0 heterocycles. The number of nitrogens with one attached hydrogen (secondary N) is 1. The second kappa shape index (κ2) is 7.33. The molecule has 7 nitrogen and oxygen atoms in total. The molecule has 1 rings (SSSR count). The zero-order valence-electron chi connectivity index (χ0n) is 11.9. The molecule has 0 spiro atoms. The quantitative estimate of drug-likeness (QED) is 0.567. The first-order chi connectivity index (χ1) is 10.1. The smallest absolute Gasteiger partial charge is 0.341 e. The van der Waals surface area contributed by atoms with E-state index in [1.807, 2.05) is 5.32 Å². The summed E-state index contributed by atoms with van der Waals surface area (Å²) in [6, 6.07) is 1.60. The molecule has 5 N–H and O–H groups in total. The number of carbonyl (C=O) groups is 3. The van der Waals surface area contributed by atoms with Crippen molar-refractivity contribution in [2.45, 2.75) is 20.0 Å². The van der Waals surface area contributed by atoms with Crippen LogP contribution in [0.2, 0.25) is 10.0 Å². The molecule has 0 aromatic heterocycles. The lowest BCUT2D eigenvalue weighted by atomic mass is 10.1. The monoisotopic (exact) mass is 347 g/mol. The van der Waals surface area contributed by atoms with E-state index in [2.05, 4.69) is 0 Å². The third-order valence-electron chi connectivity index (χ3n) is 2.66. The summed E-state index contributed by atoms with van der Waals surface area (Å²) in [6.45, 7) is 3.26. The Hall–Kier alpha value is -1.99. The summed E-state index contributed by atoms with van der Waals surface area (Å²) in [7, 11) is 0. The summed E-state index contributed by atoms with van der Waals surface area (Å²) >= 11 is 11.6. The van der Waals surface area contributed by atoms with Gasteiger partial charge >= 0.3 is 12.0 Å². The minimum atomic E-state index is -1.22. The Morgan fingerprint density at radius 2 is 1.82 bits per heavy atom. The number of primary amides is 1. The summed E-state index contributed by atoms with van der Waals surface area (Å²) < 4.78 is 5.10. The predicted molar refractivity (Wildman–Crippen MR) is 82.6 cm³/mol. The van der Waals surface area contributed by atoms with Gasteiger partial charge in [-0.15, -0.1) is 0 Å². The van der Waals surface area contributed by atoms with Crippen molar-refractivity contribution >= 4 is 46.8 Å². The van der Waals surface area contributed by atoms with E-state index in [9.17, 15) is 14.4 Å². The Morgan fingerprint density at radius 3 is 2.32 bits per heavy atom. The number of nitrogens with two attached hydrogens (primary N) is 2. The molecule has 0 radical (unpaired) electrons. The van der Waals surface area contributed by atoms with Crippen molar-refractivity contribution in [3.05, 3.63) is 27.7 Å². The first-order valence-electron chi connectivity index (χ1n) is 6.19. The molecular formula is C13H15Cl2N3O4. The zero-order chi connectivity index (χ0) is 17.0. The van der Waals surface area contributed by atoms with Gasteiger partial charge in [-0.2, -0.15) is 0 Å². The van der Waals surface area contributed by atoms with E-state index in [0.29, 0.717) is 0 Å². The maximum atomic E-state index is 12.2. The van der Waals surface area contributed by atoms with Crippen molar-refractivity contribution in [1.82, 2.24) is 5.32 Å². The zero-order valence-corrected chi connectivity index (χ0v) is 13.4. The number of imide groups is 1. The maximum absolute atomic E-state index is 12.2. The number of halogens is 2. The number of benzene rings is 1. The maximum Gasteiger partial charge on any atom is 0.341 e. The number of urea groups is 1. The van der Waals surface area contributed by atoms with Crippen LogP contribution in [0.15, 0.2) is 12.1 Å². The molecule has 1 aromatic rings. The normalized spacial score (nSPS) is 11.9. The average molecular weight is 348 g/mol. The largest absolute Gasteiger partial charge is 0.448 e. The molecule has 22 heavy (non-hydrogen) atoms. The minimum absolute atomic E-state index is 0.0196. The highest BCUT2D eigenvalue weighted by atomic mass is 35.5. The molecule has 1 aromatic carbocycles. The van der Waals surface area contributed by atoms with Gasteiger partial charge in [0.15, 0.2) is 6.10 Å².